The third-order valence-electron chi connectivity index (χ3n) is 2.62. The Labute approximate surface area is 114 Å². The van der Waals surface area contributed by atoms with Gasteiger partial charge < -0.3 is 0 Å². The Morgan fingerprint density at radius 2 is 1.94 bits per heavy atom. The van der Waals surface area contributed by atoms with Crippen molar-refractivity contribution in [3.8, 4) is 0 Å². The summed E-state index contributed by atoms with van der Waals surface area (Å²) in [5.74, 6) is 0.335. The minimum Gasteiger partial charge on any atom is -0.268 e. The number of alkyl halides is 4. The maximum atomic E-state index is 12.1. The minimum absolute atomic E-state index is 0.0159. The molecule has 0 saturated heterocycles. The van der Waals surface area contributed by atoms with Gasteiger partial charge in [0, 0.05) is 17.0 Å². The van der Waals surface area contributed by atoms with Gasteiger partial charge in [0.25, 0.3) is 0 Å². The van der Waals surface area contributed by atoms with E-state index in [4.69, 9.17) is 11.6 Å². The summed E-state index contributed by atoms with van der Waals surface area (Å²) in [6.45, 7) is 4.18. The van der Waals surface area contributed by atoms with Gasteiger partial charge in [-0.05, 0) is 24.6 Å². The molecule has 0 aliphatic carbocycles. The van der Waals surface area contributed by atoms with E-state index < -0.39 is 5.51 Å². The van der Waals surface area contributed by atoms with Crippen molar-refractivity contribution >= 4 is 23.4 Å². The molecule has 1 heterocycles. The van der Waals surface area contributed by atoms with E-state index >= 15 is 0 Å². The SMILES string of the molecule is CCc1nn(CCSC(F)(F)F)c(CC)c1CCl. The molecular weight excluding hydrogens is 285 g/mol. The van der Waals surface area contributed by atoms with E-state index in [2.05, 4.69) is 5.10 Å². The highest BCUT2D eigenvalue weighted by Crippen LogP contribution is 2.30. The molecular formula is C11H16ClF3N2S. The summed E-state index contributed by atoms with van der Waals surface area (Å²) in [6, 6.07) is 0. The number of aromatic nitrogens is 2. The monoisotopic (exact) mass is 300 g/mol. The lowest BCUT2D eigenvalue weighted by atomic mass is 10.1. The fourth-order valence-corrected chi connectivity index (χ4v) is 2.66. The average molecular weight is 301 g/mol. The van der Waals surface area contributed by atoms with Gasteiger partial charge in [-0.15, -0.1) is 11.6 Å². The molecule has 0 aliphatic rings. The molecule has 104 valence electrons. The Hall–Kier alpha value is -0.360. The molecule has 0 saturated carbocycles. The number of halogens is 4. The van der Waals surface area contributed by atoms with E-state index in [-0.39, 0.29) is 24.1 Å². The Morgan fingerprint density at radius 1 is 1.28 bits per heavy atom. The summed E-state index contributed by atoms with van der Waals surface area (Å²) in [5.41, 5.74) is -1.37. The lowest BCUT2D eigenvalue weighted by molar-refractivity contribution is -0.0328. The van der Waals surface area contributed by atoms with E-state index in [1.54, 1.807) is 4.68 Å². The molecule has 0 unspecified atom stereocenters. The van der Waals surface area contributed by atoms with Crippen molar-refractivity contribution in [2.75, 3.05) is 5.75 Å². The fourth-order valence-electron chi connectivity index (χ4n) is 1.86. The molecule has 1 aromatic heterocycles. The Balaban J connectivity index is 2.79. The van der Waals surface area contributed by atoms with Crippen molar-refractivity contribution in [1.29, 1.82) is 0 Å². The van der Waals surface area contributed by atoms with E-state index in [0.29, 0.717) is 5.88 Å². The van der Waals surface area contributed by atoms with Crippen LogP contribution < -0.4 is 0 Å². The van der Waals surface area contributed by atoms with Crippen molar-refractivity contribution in [1.82, 2.24) is 9.78 Å². The van der Waals surface area contributed by atoms with Crippen LogP contribution in [0.2, 0.25) is 0 Å². The van der Waals surface area contributed by atoms with Crippen LogP contribution in [0, 0.1) is 0 Å². The smallest absolute Gasteiger partial charge is 0.268 e. The number of thioether (sulfide) groups is 1. The zero-order valence-electron chi connectivity index (χ0n) is 10.4. The predicted octanol–water partition coefficient (Wildman–Crippen LogP) is 4.00. The van der Waals surface area contributed by atoms with Crippen LogP contribution in [0.5, 0.6) is 0 Å². The quantitative estimate of drug-likeness (QED) is 0.739. The maximum Gasteiger partial charge on any atom is 0.441 e. The average Bonchev–Trinajstić information content (AvgIpc) is 2.64. The first kappa shape index (κ1) is 15.7. The lowest BCUT2D eigenvalue weighted by Gasteiger charge is -2.08. The number of hydrogen-bond acceptors (Lipinski definition) is 2. The van der Waals surface area contributed by atoms with Gasteiger partial charge in [0.05, 0.1) is 18.1 Å². The summed E-state index contributed by atoms with van der Waals surface area (Å²) < 4.78 is 37.9. The predicted molar refractivity (Wildman–Crippen MR) is 69.1 cm³/mol. The standard InChI is InChI=1S/C11H16ClF3N2S/c1-3-9-8(7-12)10(4-2)17(16-9)5-6-18-11(13,14)15/h3-7H2,1-2H3. The molecule has 0 aromatic carbocycles. The molecule has 18 heavy (non-hydrogen) atoms. The van der Waals surface area contributed by atoms with Gasteiger partial charge in [-0.2, -0.15) is 18.3 Å². The number of aryl methyl sites for hydroxylation is 2. The molecule has 1 rings (SSSR count). The molecule has 0 aliphatic heterocycles. The summed E-state index contributed by atoms with van der Waals surface area (Å²) in [5, 5.41) is 4.34. The van der Waals surface area contributed by atoms with E-state index in [1.165, 1.54) is 0 Å². The van der Waals surface area contributed by atoms with E-state index in [0.717, 1.165) is 29.8 Å². The molecule has 1 aromatic rings. The summed E-state index contributed by atoms with van der Waals surface area (Å²) in [4.78, 5) is 0. The van der Waals surface area contributed by atoms with Gasteiger partial charge in [0.15, 0.2) is 0 Å². The van der Waals surface area contributed by atoms with Gasteiger partial charge in [0.2, 0.25) is 0 Å². The molecule has 0 bridgehead atoms. The number of hydrogen-bond donors (Lipinski definition) is 0. The van der Waals surface area contributed by atoms with Crippen LogP contribution in [0.4, 0.5) is 13.2 Å². The van der Waals surface area contributed by atoms with Crippen LogP contribution in [0.25, 0.3) is 0 Å². The molecule has 0 N–H and O–H groups in total. The molecule has 0 fully saturated rings. The van der Waals surface area contributed by atoms with Crippen molar-refractivity contribution < 1.29 is 13.2 Å². The van der Waals surface area contributed by atoms with Gasteiger partial charge in [-0.25, -0.2) is 0 Å². The number of nitrogens with zero attached hydrogens (tertiary/aromatic N) is 2. The zero-order chi connectivity index (χ0) is 13.8. The highest BCUT2D eigenvalue weighted by atomic mass is 35.5. The van der Waals surface area contributed by atoms with Gasteiger partial charge in [0.1, 0.15) is 0 Å². The first-order chi connectivity index (χ1) is 8.42. The van der Waals surface area contributed by atoms with Crippen LogP contribution in [0.1, 0.15) is 30.8 Å². The van der Waals surface area contributed by atoms with Crippen LogP contribution in [0.3, 0.4) is 0 Å². The summed E-state index contributed by atoms with van der Waals surface area (Å²) in [6.07, 6.45) is 1.47. The topological polar surface area (TPSA) is 17.8 Å². The molecule has 2 nitrogen and oxygen atoms in total. The third kappa shape index (κ3) is 4.09. The third-order valence-corrected chi connectivity index (χ3v) is 3.60. The second-order valence-electron chi connectivity index (χ2n) is 3.73. The molecule has 0 amide bonds. The first-order valence-electron chi connectivity index (χ1n) is 5.77. The Morgan fingerprint density at radius 3 is 2.39 bits per heavy atom. The first-order valence-corrected chi connectivity index (χ1v) is 7.29. The molecule has 0 spiro atoms. The normalized spacial score (nSPS) is 12.1. The molecule has 0 atom stereocenters. The maximum absolute atomic E-state index is 12.1. The zero-order valence-corrected chi connectivity index (χ0v) is 11.9. The number of rotatable bonds is 6. The summed E-state index contributed by atoms with van der Waals surface area (Å²) in [7, 11) is 0. The van der Waals surface area contributed by atoms with Crippen molar-refractivity contribution in [2.45, 2.75) is 44.6 Å². The lowest BCUT2D eigenvalue weighted by Crippen LogP contribution is -2.10. The Kier molecular flexibility index (Phi) is 5.85. The van der Waals surface area contributed by atoms with Crippen molar-refractivity contribution in [3.63, 3.8) is 0 Å². The second kappa shape index (κ2) is 6.70. The van der Waals surface area contributed by atoms with Crippen LogP contribution in [-0.2, 0) is 25.3 Å². The molecule has 0 radical (unpaired) electrons. The van der Waals surface area contributed by atoms with E-state index in [1.807, 2.05) is 13.8 Å². The van der Waals surface area contributed by atoms with Crippen LogP contribution in [-0.4, -0.2) is 21.0 Å². The second-order valence-corrected chi connectivity index (χ2v) is 5.16. The van der Waals surface area contributed by atoms with Crippen LogP contribution in [0.15, 0.2) is 0 Å². The van der Waals surface area contributed by atoms with Crippen molar-refractivity contribution in [2.24, 2.45) is 0 Å². The summed E-state index contributed by atoms with van der Waals surface area (Å²) >= 11 is 5.86. The van der Waals surface area contributed by atoms with Crippen molar-refractivity contribution in [3.05, 3.63) is 17.0 Å². The highest BCUT2D eigenvalue weighted by molar-refractivity contribution is 8.00. The highest BCUT2D eigenvalue weighted by Gasteiger charge is 2.27. The fraction of sp³-hybridized carbons (Fsp3) is 0.727. The minimum atomic E-state index is -4.18. The largest absolute Gasteiger partial charge is 0.441 e. The Bertz CT molecular complexity index is 390. The van der Waals surface area contributed by atoms with Gasteiger partial charge >= 0.3 is 5.51 Å². The molecule has 7 heteroatoms. The van der Waals surface area contributed by atoms with E-state index in [9.17, 15) is 13.2 Å². The van der Waals surface area contributed by atoms with Gasteiger partial charge in [-0.3, -0.25) is 4.68 Å². The van der Waals surface area contributed by atoms with Crippen LogP contribution >= 0.6 is 23.4 Å². The van der Waals surface area contributed by atoms with Gasteiger partial charge in [-0.1, -0.05) is 13.8 Å².